The SMILES string of the molecule is CNC(CN(CCC(C)C)CCC(C)C)C1CCCCC1. The summed E-state index contributed by atoms with van der Waals surface area (Å²) in [4.78, 5) is 2.73. The van der Waals surface area contributed by atoms with Crippen molar-refractivity contribution in [3.05, 3.63) is 0 Å². The number of nitrogens with zero attached hydrogens (tertiary/aromatic N) is 1. The highest BCUT2D eigenvalue weighted by Gasteiger charge is 2.24. The maximum absolute atomic E-state index is 3.64. The Hall–Kier alpha value is -0.0800. The standard InChI is InChI=1S/C19H40N2/c1-16(2)11-13-21(14-12-17(3)4)15-19(20-5)18-9-7-6-8-10-18/h16-20H,6-15H2,1-5H3. The molecule has 1 fully saturated rings. The highest BCUT2D eigenvalue weighted by Crippen LogP contribution is 2.27. The maximum atomic E-state index is 3.64. The van der Waals surface area contributed by atoms with Crippen molar-refractivity contribution < 1.29 is 0 Å². The van der Waals surface area contributed by atoms with E-state index in [1.165, 1.54) is 64.6 Å². The molecule has 1 unspecified atom stereocenters. The summed E-state index contributed by atoms with van der Waals surface area (Å²) in [6.45, 7) is 13.2. The third kappa shape index (κ3) is 8.21. The summed E-state index contributed by atoms with van der Waals surface area (Å²) in [7, 11) is 2.17. The van der Waals surface area contributed by atoms with Crippen LogP contribution in [0.1, 0.15) is 72.6 Å². The van der Waals surface area contributed by atoms with E-state index in [0.717, 1.165) is 17.8 Å². The third-order valence-corrected chi connectivity index (χ3v) is 5.09. The van der Waals surface area contributed by atoms with Crippen LogP contribution in [0.5, 0.6) is 0 Å². The molecule has 0 spiro atoms. The molecule has 1 atom stereocenters. The largest absolute Gasteiger partial charge is 0.315 e. The number of hydrogen-bond donors (Lipinski definition) is 1. The number of nitrogens with one attached hydrogen (secondary N) is 1. The molecule has 1 N–H and O–H groups in total. The van der Waals surface area contributed by atoms with E-state index in [1.54, 1.807) is 0 Å². The molecule has 0 heterocycles. The highest BCUT2D eigenvalue weighted by atomic mass is 15.1. The molecule has 0 saturated heterocycles. The van der Waals surface area contributed by atoms with Gasteiger partial charge in [-0.2, -0.15) is 0 Å². The zero-order chi connectivity index (χ0) is 15.7. The molecule has 0 amide bonds. The van der Waals surface area contributed by atoms with Crippen molar-refractivity contribution in [1.82, 2.24) is 10.2 Å². The van der Waals surface area contributed by atoms with Gasteiger partial charge in [0, 0.05) is 12.6 Å². The molecular weight excluding hydrogens is 256 g/mol. The van der Waals surface area contributed by atoms with Crippen LogP contribution >= 0.6 is 0 Å². The summed E-state index contributed by atoms with van der Waals surface area (Å²) in [6, 6.07) is 0.699. The van der Waals surface area contributed by atoms with Gasteiger partial charge in [0.05, 0.1) is 0 Å². The molecule has 2 nitrogen and oxygen atoms in total. The molecule has 0 bridgehead atoms. The summed E-state index contributed by atoms with van der Waals surface area (Å²) in [5, 5.41) is 3.64. The van der Waals surface area contributed by atoms with Crippen molar-refractivity contribution in [2.24, 2.45) is 17.8 Å². The van der Waals surface area contributed by atoms with Crippen LogP contribution in [0.4, 0.5) is 0 Å². The molecule has 0 aromatic carbocycles. The maximum Gasteiger partial charge on any atom is 0.0220 e. The highest BCUT2D eigenvalue weighted by molar-refractivity contribution is 4.81. The Morgan fingerprint density at radius 3 is 1.86 bits per heavy atom. The molecule has 0 aromatic heterocycles. The van der Waals surface area contributed by atoms with E-state index >= 15 is 0 Å². The first-order valence-corrected chi connectivity index (χ1v) is 9.42. The minimum atomic E-state index is 0.699. The molecule has 1 saturated carbocycles. The Morgan fingerprint density at radius 1 is 0.905 bits per heavy atom. The van der Waals surface area contributed by atoms with Gasteiger partial charge in [0.25, 0.3) is 0 Å². The van der Waals surface area contributed by atoms with Gasteiger partial charge in [0.15, 0.2) is 0 Å². The predicted molar refractivity (Wildman–Crippen MR) is 94.8 cm³/mol. The van der Waals surface area contributed by atoms with Crippen molar-refractivity contribution in [1.29, 1.82) is 0 Å². The lowest BCUT2D eigenvalue weighted by atomic mass is 9.83. The van der Waals surface area contributed by atoms with Crippen LogP contribution in [0.2, 0.25) is 0 Å². The fourth-order valence-electron chi connectivity index (χ4n) is 3.47. The molecule has 0 aromatic rings. The first kappa shape index (κ1) is 19.0. The van der Waals surface area contributed by atoms with Crippen molar-refractivity contribution in [3.8, 4) is 0 Å². The van der Waals surface area contributed by atoms with Crippen LogP contribution in [-0.4, -0.2) is 37.6 Å². The fourth-order valence-corrected chi connectivity index (χ4v) is 3.47. The van der Waals surface area contributed by atoms with Gasteiger partial charge in [0.2, 0.25) is 0 Å². The van der Waals surface area contributed by atoms with Gasteiger partial charge in [-0.05, 0) is 63.6 Å². The Balaban J connectivity index is 2.49. The van der Waals surface area contributed by atoms with Gasteiger partial charge < -0.3 is 10.2 Å². The second kappa shape index (κ2) is 10.6. The van der Waals surface area contributed by atoms with Gasteiger partial charge in [0.1, 0.15) is 0 Å². The minimum absolute atomic E-state index is 0.699. The molecular formula is C19H40N2. The lowest BCUT2D eigenvalue weighted by Crippen LogP contribution is -2.45. The van der Waals surface area contributed by atoms with Crippen LogP contribution in [-0.2, 0) is 0 Å². The average molecular weight is 297 g/mol. The van der Waals surface area contributed by atoms with E-state index in [2.05, 4.69) is 45.0 Å². The zero-order valence-electron chi connectivity index (χ0n) is 15.3. The summed E-state index contributed by atoms with van der Waals surface area (Å²) < 4.78 is 0. The van der Waals surface area contributed by atoms with E-state index in [-0.39, 0.29) is 0 Å². The van der Waals surface area contributed by atoms with Gasteiger partial charge >= 0.3 is 0 Å². The van der Waals surface area contributed by atoms with Crippen molar-refractivity contribution in [3.63, 3.8) is 0 Å². The number of hydrogen-bond acceptors (Lipinski definition) is 2. The molecule has 1 aliphatic carbocycles. The first-order valence-electron chi connectivity index (χ1n) is 9.42. The molecule has 1 aliphatic rings. The monoisotopic (exact) mass is 296 g/mol. The van der Waals surface area contributed by atoms with Gasteiger partial charge in [-0.25, -0.2) is 0 Å². The van der Waals surface area contributed by atoms with E-state index in [0.29, 0.717) is 6.04 Å². The van der Waals surface area contributed by atoms with Gasteiger partial charge in [-0.15, -0.1) is 0 Å². The van der Waals surface area contributed by atoms with Crippen molar-refractivity contribution in [2.45, 2.75) is 78.7 Å². The molecule has 1 rings (SSSR count). The van der Waals surface area contributed by atoms with Crippen LogP contribution in [0.25, 0.3) is 0 Å². The predicted octanol–water partition coefficient (Wildman–Crippen LogP) is 4.55. The lowest BCUT2D eigenvalue weighted by Gasteiger charge is -2.35. The van der Waals surface area contributed by atoms with E-state index in [1.807, 2.05) is 0 Å². The van der Waals surface area contributed by atoms with Crippen LogP contribution in [0, 0.1) is 17.8 Å². The summed E-state index contributed by atoms with van der Waals surface area (Å²) in [6.07, 6.45) is 9.89. The van der Waals surface area contributed by atoms with Crippen molar-refractivity contribution in [2.75, 3.05) is 26.7 Å². The second-order valence-corrected chi connectivity index (χ2v) is 7.96. The van der Waals surface area contributed by atoms with Crippen LogP contribution < -0.4 is 5.32 Å². The Bertz CT molecular complexity index is 232. The summed E-state index contributed by atoms with van der Waals surface area (Å²) >= 11 is 0. The molecule has 2 heteroatoms. The zero-order valence-corrected chi connectivity index (χ0v) is 15.3. The molecule has 0 radical (unpaired) electrons. The van der Waals surface area contributed by atoms with Crippen molar-refractivity contribution >= 4 is 0 Å². The normalized spacial score (nSPS) is 18.9. The average Bonchev–Trinajstić information content (AvgIpc) is 2.47. The quantitative estimate of drug-likeness (QED) is 0.636. The first-order chi connectivity index (χ1) is 10.0. The Labute approximate surface area is 134 Å². The van der Waals surface area contributed by atoms with E-state index in [9.17, 15) is 0 Å². The van der Waals surface area contributed by atoms with Gasteiger partial charge in [-0.3, -0.25) is 0 Å². The van der Waals surface area contributed by atoms with E-state index in [4.69, 9.17) is 0 Å². The third-order valence-electron chi connectivity index (χ3n) is 5.09. The fraction of sp³-hybridized carbons (Fsp3) is 1.00. The molecule has 21 heavy (non-hydrogen) atoms. The Kier molecular flexibility index (Phi) is 9.59. The van der Waals surface area contributed by atoms with Crippen LogP contribution in [0.15, 0.2) is 0 Å². The molecule has 0 aliphatic heterocycles. The Morgan fingerprint density at radius 2 is 1.43 bits per heavy atom. The lowest BCUT2D eigenvalue weighted by molar-refractivity contribution is 0.176. The smallest absolute Gasteiger partial charge is 0.0220 e. The number of likely N-dealkylation sites (N-methyl/N-ethyl adjacent to an activating group) is 1. The summed E-state index contributed by atoms with van der Waals surface area (Å²) in [5.41, 5.74) is 0. The summed E-state index contributed by atoms with van der Waals surface area (Å²) in [5.74, 6) is 2.54. The topological polar surface area (TPSA) is 15.3 Å². The van der Waals surface area contributed by atoms with Gasteiger partial charge in [-0.1, -0.05) is 47.0 Å². The molecule has 126 valence electrons. The minimum Gasteiger partial charge on any atom is -0.315 e. The number of rotatable bonds is 10. The van der Waals surface area contributed by atoms with E-state index < -0.39 is 0 Å². The van der Waals surface area contributed by atoms with Crippen LogP contribution in [0.3, 0.4) is 0 Å². The second-order valence-electron chi connectivity index (χ2n) is 7.96.